The zero-order chi connectivity index (χ0) is 9.64. The van der Waals surface area contributed by atoms with Crippen molar-refractivity contribution < 1.29 is 13.9 Å². The van der Waals surface area contributed by atoms with Gasteiger partial charge >= 0.3 is 5.97 Å². The van der Waals surface area contributed by atoms with Gasteiger partial charge in [0.2, 0.25) is 0 Å². The third-order valence-corrected chi connectivity index (χ3v) is 2.20. The van der Waals surface area contributed by atoms with Crippen LogP contribution in [0.4, 0.5) is 4.39 Å². The van der Waals surface area contributed by atoms with Crippen LogP contribution >= 0.6 is 0 Å². The molecule has 0 fully saturated rings. The van der Waals surface area contributed by atoms with E-state index in [-0.39, 0.29) is 0 Å². The molecule has 0 aromatic heterocycles. The average molecular weight is 180 g/mol. The Bertz CT molecular complexity index is 383. The van der Waals surface area contributed by atoms with Crippen molar-refractivity contribution in [2.75, 3.05) is 0 Å². The molecule has 1 aliphatic rings. The van der Waals surface area contributed by atoms with Crippen LogP contribution < -0.4 is 0 Å². The van der Waals surface area contributed by atoms with Crippen molar-refractivity contribution in [1.29, 1.82) is 0 Å². The molecule has 0 atom stereocenters. The van der Waals surface area contributed by atoms with E-state index in [4.69, 9.17) is 4.74 Å². The molecule has 0 bridgehead atoms. The van der Waals surface area contributed by atoms with E-state index in [1.165, 1.54) is 12.1 Å². The number of cyclic esters (lactones) is 1. The zero-order valence-corrected chi connectivity index (χ0v) is 7.43. The highest BCUT2D eigenvalue weighted by Gasteiger charge is 2.37. The second-order valence-corrected chi connectivity index (χ2v) is 3.59. The molecule has 1 aromatic rings. The molecule has 3 heteroatoms. The molecule has 0 N–H and O–H groups in total. The number of hydrogen-bond acceptors (Lipinski definition) is 2. The number of ether oxygens (including phenoxy) is 1. The Morgan fingerprint density at radius 1 is 1.38 bits per heavy atom. The van der Waals surface area contributed by atoms with Crippen LogP contribution in [0.5, 0.6) is 0 Å². The molecule has 1 aromatic carbocycles. The van der Waals surface area contributed by atoms with Gasteiger partial charge in [-0.1, -0.05) is 6.07 Å². The van der Waals surface area contributed by atoms with Gasteiger partial charge in [-0.05, 0) is 26.0 Å². The van der Waals surface area contributed by atoms with Crippen LogP contribution in [0, 0.1) is 5.82 Å². The normalized spacial score (nSPS) is 18.2. The Hall–Kier alpha value is -1.38. The maximum atomic E-state index is 12.8. The Morgan fingerprint density at radius 3 is 2.77 bits per heavy atom. The van der Waals surface area contributed by atoms with E-state index in [2.05, 4.69) is 0 Å². The van der Waals surface area contributed by atoms with Crippen LogP contribution in [0.15, 0.2) is 18.2 Å². The van der Waals surface area contributed by atoms with Gasteiger partial charge in [-0.2, -0.15) is 0 Å². The van der Waals surface area contributed by atoms with Gasteiger partial charge in [0.05, 0.1) is 5.56 Å². The molecule has 0 saturated carbocycles. The number of carbonyl (C=O) groups excluding carboxylic acids is 1. The van der Waals surface area contributed by atoms with Crippen LogP contribution in [0.1, 0.15) is 29.8 Å². The quantitative estimate of drug-likeness (QED) is 0.572. The van der Waals surface area contributed by atoms with Crippen molar-refractivity contribution in [3.8, 4) is 0 Å². The van der Waals surface area contributed by atoms with E-state index in [9.17, 15) is 9.18 Å². The first-order chi connectivity index (χ1) is 6.00. The maximum absolute atomic E-state index is 12.8. The summed E-state index contributed by atoms with van der Waals surface area (Å²) in [5, 5.41) is 0. The fourth-order valence-corrected chi connectivity index (χ4v) is 1.55. The van der Waals surface area contributed by atoms with Gasteiger partial charge in [0, 0.05) is 5.56 Å². The molecule has 13 heavy (non-hydrogen) atoms. The molecular formula is C10H9FO2. The molecule has 0 amide bonds. The summed E-state index contributed by atoms with van der Waals surface area (Å²) in [6, 6.07) is 4.14. The summed E-state index contributed by atoms with van der Waals surface area (Å²) < 4.78 is 17.8. The minimum Gasteiger partial charge on any atom is -0.451 e. The largest absolute Gasteiger partial charge is 0.451 e. The molecule has 68 valence electrons. The van der Waals surface area contributed by atoms with Gasteiger partial charge in [-0.25, -0.2) is 9.18 Å². The highest BCUT2D eigenvalue weighted by molar-refractivity contribution is 5.94. The van der Waals surface area contributed by atoms with E-state index in [0.29, 0.717) is 5.56 Å². The van der Waals surface area contributed by atoms with Crippen molar-refractivity contribution in [1.82, 2.24) is 0 Å². The monoisotopic (exact) mass is 180 g/mol. The van der Waals surface area contributed by atoms with Crippen LogP contribution in [0.25, 0.3) is 0 Å². The van der Waals surface area contributed by atoms with Crippen LogP contribution in [-0.2, 0) is 10.3 Å². The molecule has 0 aliphatic carbocycles. The number of fused-ring (bicyclic) bond motifs is 1. The van der Waals surface area contributed by atoms with Gasteiger partial charge < -0.3 is 4.74 Å². The van der Waals surface area contributed by atoms with Gasteiger partial charge in [-0.3, -0.25) is 0 Å². The Kier molecular flexibility index (Phi) is 1.46. The Balaban J connectivity index is 2.66. The molecule has 0 unspecified atom stereocenters. The Labute approximate surface area is 75.3 Å². The van der Waals surface area contributed by atoms with Gasteiger partial charge in [0.25, 0.3) is 0 Å². The predicted molar refractivity (Wildman–Crippen MR) is 44.8 cm³/mol. The number of benzene rings is 1. The number of halogens is 1. The second-order valence-electron chi connectivity index (χ2n) is 3.59. The highest BCUT2D eigenvalue weighted by atomic mass is 19.1. The third-order valence-electron chi connectivity index (χ3n) is 2.20. The Morgan fingerprint density at radius 2 is 2.08 bits per heavy atom. The standard InChI is InChI=1S/C10H9FO2/c1-10(2)8-4-3-6(11)5-7(8)9(12)13-10/h3-5H,1-2H3. The zero-order valence-electron chi connectivity index (χ0n) is 7.43. The summed E-state index contributed by atoms with van der Waals surface area (Å²) >= 11 is 0. The summed E-state index contributed by atoms with van der Waals surface area (Å²) in [5.74, 6) is -0.854. The summed E-state index contributed by atoms with van der Waals surface area (Å²) in [7, 11) is 0. The van der Waals surface area contributed by atoms with Gasteiger partial charge in [-0.15, -0.1) is 0 Å². The van der Waals surface area contributed by atoms with Crippen molar-refractivity contribution in [2.24, 2.45) is 0 Å². The molecule has 1 aliphatic heterocycles. The number of esters is 1. The molecule has 1 heterocycles. The molecule has 0 radical (unpaired) electrons. The van der Waals surface area contributed by atoms with Crippen LogP contribution in [0.3, 0.4) is 0 Å². The van der Waals surface area contributed by atoms with Crippen molar-refractivity contribution in [2.45, 2.75) is 19.4 Å². The lowest BCUT2D eigenvalue weighted by Crippen LogP contribution is -2.15. The van der Waals surface area contributed by atoms with Crippen molar-refractivity contribution >= 4 is 5.97 Å². The lowest BCUT2D eigenvalue weighted by molar-refractivity contribution is 0.00954. The fourth-order valence-electron chi connectivity index (χ4n) is 1.55. The van der Waals surface area contributed by atoms with E-state index >= 15 is 0 Å². The number of rotatable bonds is 0. The minimum atomic E-state index is -0.625. The molecule has 0 spiro atoms. The predicted octanol–water partition coefficient (Wildman–Crippen LogP) is 2.23. The molecular weight excluding hydrogens is 171 g/mol. The molecule has 0 saturated heterocycles. The fraction of sp³-hybridized carbons (Fsp3) is 0.300. The van der Waals surface area contributed by atoms with Crippen molar-refractivity contribution in [3.05, 3.63) is 35.1 Å². The lowest BCUT2D eigenvalue weighted by atomic mass is 9.96. The van der Waals surface area contributed by atoms with Crippen LogP contribution in [-0.4, -0.2) is 5.97 Å². The van der Waals surface area contributed by atoms with Gasteiger partial charge in [0.15, 0.2) is 0 Å². The van der Waals surface area contributed by atoms with E-state index in [0.717, 1.165) is 5.56 Å². The van der Waals surface area contributed by atoms with Crippen LogP contribution in [0.2, 0.25) is 0 Å². The summed E-state index contributed by atoms with van der Waals surface area (Å²) in [6.07, 6.45) is 0. The lowest BCUT2D eigenvalue weighted by Gasteiger charge is -2.16. The first kappa shape index (κ1) is 8.23. The summed E-state index contributed by atoms with van der Waals surface area (Å²) in [4.78, 5) is 11.2. The maximum Gasteiger partial charge on any atom is 0.339 e. The van der Waals surface area contributed by atoms with E-state index in [1.807, 2.05) is 0 Å². The first-order valence-electron chi connectivity index (χ1n) is 4.04. The number of hydrogen-bond donors (Lipinski definition) is 0. The van der Waals surface area contributed by atoms with Crippen molar-refractivity contribution in [3.63, 3.8) is 0 Å². The van der Waals surface area contributed by atoms with Gasteiger partial charge in [0.1, 0.15) is 11.4 Å². The summed E-state index contributed by atoms with van der Waals surface area (Å²) in [5.41, 5.74) is 0.462. The number of carbonyl (C=O) groups is 1. The molecule has 2 nitrogen and oxygen atoms in total. The second kappa shape index (κ2) is 2.31. The topological polar surface area (TPSA) is 26.3 Å². The average Bonchev–Trinajstić information content (AvgIpc) is 2.22. The minimum absolute atomic E-state index is 0.338. The first-order valence-corrected chi connectivity index (χ1v) is 4.04. The smallest absolute Gasteiger partial charge is 0.339 e. The van der Waals surface area contributed by atoms with E-state index in [1.54, 1.807) is 19.9 Å². The SMILES string of the molecule is CC1(C)OC(=O)c2cc(F)ccc21. The summed E-state index contributed by atoms with van der Waals surface area (Å²) in [6.45, 7) is 3.57. The highest BCUT2D eigenvalue weighted by Crippen LogP contribution is 2.35. The third kappa shape index (κ3) is 1.11. The van der Waals surface area contributed by atoms with E-state index < -0.39 is 17.4 Å². The molecule has 2 rings (SSSR count).